The van der Waals surface area contributed by atoms with Crippen LogP contribution in [0.25, 0.3) is 0 Å². The zero-order chi connectivity index (χ0) is 16.0. The summed E-state index contributed by atoms with van der Waals surface area (Å²) in [7, 11) is 0. The van der Waals surface area contributed by atoms with Crippen molar-refractivity contribution in [1.82, 2.24) is 5.32 Å². The number of rotatable bonds is 8. The summed E-state index contributed by atoms with van der Waals surface area (Å²) >= 11 is 1.87. The predicted octanol–water partition coefficient (Wildman–Crippen LogP) is 4.46. The van der Waals surface area contributed by atoms with E-state index in [4.69, 9.17) is 0 Å². The van der Waals surface area contributed by atoms with Crippen LogP contribution in [0.3, 0.4) is 0 Å². The summed E-state index contributed by atoms with van der Waals surface area (Å²) in [5.41, 5.74) is 1.23. The Morgan fingerprint density at radius 2 is 1.57 bits per heavy atom. The van der Waals surface area contributed by atoms with E-state index in [-0.39, 0.29) is 23.3 Å². The molecular weight excluding hydrogens is 278 g/mol. The molecule has 0 radical (unpaired) electrons. The molecule has 0 bridgehead atoms. The van der Waals surface area contributed by atoms with E-state index in [1.54, 1.807) is 0 Å². The van der Waals surface area contributed by atoms with Crippen LogP contribution in [-0.4, -0.2) is 23.1 Å². The molecule has 0 aliphatic rings. The van der Waals surface area contributed by atoms with E-state index in [1.807, 2.05) is 31.7 Å². The largest absolute Gasteiger partial charge is 0.304 e. The minimum atomic E-state index is -0.139. The van der Waals surface area contributed by atoms with Crippen molar-refractivity contribution in [3.63, 3.8) is 0 Å². The van der Waals surface area contributed by atoms with Gasteiger partial charge in [-0.05, 0) is 10.8 Å². The lowest BCUT2D eigenvalue weighted by Crippen LogP contribution is -2.46. The van der Waals surface area contributed by atoms with Gasteiger partial charge in [-0.3, -0.25) is 4.79 Å². The van der Waals surface area contributed by atoms with Gasteiger partial charge in [0.25, 0.3) is 0 Å². The predicted molar refractivity (Wildman–Crippen MR) is 93.8 cm³/mol. The normalized spacial score (nSPS) is 14.7. The second kappa shape index (κ2) is 8.60. The minimum Gasteiger partial charge on any atom is -0.304 e. The number of carbonyl (C=O) groups is 1. The third kappa shape index (κ3) is 5.84. The summed E-state index contributed by atoms with van der Waals surface area (Å²) in [6.07, 6.45) is 0. The van der Waals surface area contributed by atoms with Crippen LogP contribution in [0.15, 0.2) is 30.3 Å². The molecule has 0 saturated carbocycles. The van der Waals surface area contributed by atoms with Crippen molar-refractivity contribution in [2.24, 2.45) is 5.92 Å². The van der Waals surface area contributed by atoms with Crippen LogP contribution in [0.2, 0.25) is 0 Å². The fraction of sp³-hybridized carbons (Fsp3) is 0.611. The second-order valence-electron chi connectivity index (χ2n) is 6.37. The van der Waals surface area contributed by atoms with Gasteiger partial charge in [0, 0.05) is 12.0 Å². The number of hydrogen-bond acceptors (Lipinski definition) is 3. The molecule has 0 aliphatic carbocycles. The van der Waals surface area contributed by atoms with Crippen molar-refractivity contribution >= 4 is 17.5 Å². The topological polar surface area (TPSA) is 29.1 Å². The van der Waals surface area contributed by atoms with Crippen molar-refractivity contribution < 1.29 is 4.79 Å². The van der Waals surface area contributed by atoms with Crippen LogP contribution in [0.1, 0.15) is 52.4 Å². The number of thioether (sulfide) groups is 1. The first kappa shape index (κ1) is 18.2. The van der Waals surface area contributed by atoms with Crippen LogP contribution < -0.4 is 5.32 Å². The second-order valence-corrected chi connectivity index (χ2v) is 8.10. The Labute approximate surface area is 134 Å². The average Bonchev–Trinajstić information content (AvgIpc) is 2.42. The maximum absolute atomic E-state index is 12.7. The van der Waals surface area contributed by atoms with E-state index in [2.05, 4.69) is 57.3 Å². The summed E-state index contributed by atoms with van der Waals surface area (Å²) in [6, 6.07) is 10.5. The minimum absolute atomic E-state index is 0.0419. The van der Waals surface area contributed by atoms with E-state index >= 15 is 0 Å². The molecule has 0 fully saturated rings. The van der Waals surface area contributed by atoms with Gasteiger partial charge in [-0.1, -0.05) is 71.9 Å². The zero-order valence-electron chi connectivity index (χ0n) is 14.1. The number of ketones is 1. The fourth-order valence-corrected chi connectivity index (χ4v) is 3.59. The molecule has 3 heteroatoms. The summed E-state index contributed by atoms with van der Waals surface area (Å²) in [6.45, 7) is 12.5. The van der Waals surface area contributed by atoms with E-state index < -0.39 is 0 Å². The van der Waals surface area contributed by atoms with Crippen molar-refractivity contribution in [3.8, 4) is 0 Å². The lowest BCUT2D eigenvalue weighted by Gasteiger charge is -2.31. The SMILES string of the molecule is CC(C)NC(C(=O)C(C)C)C(SC(C)C)c1ccccc1. The lowest BCUT2D eigenvalue weighted by atomic mass is 9.94. The lowest BCUT2D eigenvalue weighted by molar-refractivity contribution is -0.124. The van der Waals surface area contributed by atoms with E-state index in [0.29, 0.717) is 11.0 Å². The molecule has 2 unspecified atom stereocenters. The van der Waals surface area contributed by atoms with Gasteiger partial charge in [-0.15, -0.1) is 11.8 Å². The number of Topliss-reactive ketones (excluding diaryl/α,β-unsaturated/α-hetero) is 1. The van der Waals surface area contributed by atoms with E-state index in [1.165, 1.54) is 5.56 Å². The maximum atomic E-state index is 12.7. The van der Waals surface area contributed by atoms with Gasteiger partial charge in [-0.2, -0.15) is 0 Å². The molecule has 0 aliphatic heterocycles. The molecule has 0 saturated heterocycles. The van der Waals surface area contributed by atoms with Crippen LogP contribution in [0.5, 0.6) is 0 Å². The van der Waals surface area contributed by atoms with Crippen LogP contribution in [0, 0.1) is 5.92 Å². The zero-order valence-corrected chi connectivity index (χ0v) is 14.9. The highest BCUT2D eigenvalue weighted by Gasteiger charge is 2.32. The molecule has 1 rings (SSSR count). The quantitative estimate of drug-likeness (QED) is 0.768. The molecule has 1 N–H and O–H groups in total. The molecule has 0 spiro atoms. The fourth-order valence-electron chi connectivity index (χ4n) is 2.32. The van der Waals surface area contributed by atoms with Crippen LogP contribution >= 0.6 is 11.8 Å². The number of hydrogen-bond donors (Lipinski definition) is 1. The van der Waals surface area contributed by atoms with Crippen molar-refractivity contribution in [1.29, 1.82) is 0 Å². The molecule has 1 aromatic rings. The number of benzene rings is 1. The molecule has 2 nitrogen and oxygen atoms in total. The monoisotopic (exact) mass is 307 g/mol. The first-order chi connectivity index (χ1) is 9.82. The summed E-state index contributed by atoms with van der Waals surface area (Å²) in [5.74, 6) is 0.339. The molecule has 1 aromatic carbocycles. The highest BCUT2D eigenvalue weighted by Crippen LogP contribution is 2.36. The van der Waals surface area contributed by atoms with Crippen molar-refractivity contribution in [3.05, 3.63) is 35.9 Å². The summed E-state index contributed by atoms with van der Waals surface area (Å²) in [5, 5.41) is 4.13. The summed E-state index contributed by atoms with van der Waals surface area (Å²) < 4.78 is 0. The first-order valence-electron chi connectivity index (χ1n) is 7.83. The first-order valence-corrected chi connectivity index (χ1v) is 8.77. The maximum Gasteiger partial charge on any atom is 0.153 e. The molecule has 2 atom stereocenters. The smallest absolute Gasteiger partial charge is 0.153 e. The molecule has 0 heterocycles. The Bertz CT molecular complexity index is 428. The Morgan fingerprint density at radius 3 is 2.00 bits per heavy atom. The Balaban J connectivity index is 3.13. The van der Waals surface area contributed by atoms with Gasteiger partial charge in [0.15, 0.2) is 5.78 Å². The molecule has 118 valence electrons. The number of carbonyl (C=O) groups excluding carboxylic acids is 1. The third-order valence-electron chi connectivity index (χ3n) is 3.24. The molecule has 0 amide bonds. The van der Waals surface area contributed by atoms with Gasteiger partial charge >= 0.3 is 0 Å². The third-order valence-corrected chi connectivity index (χ3v) is 4.62. The van der Waals surface area contributed by atoms with Gasteiger partial charge < -0.3 is 5.32 Å². The number of nitrogens with one attached hydrogen (secondary N) is 1. The molecular formula is C18H29NOS. The van der Waals surface area contributed by atoms with E-state index in [9.17, 15) is 4.79 Å². The van der Waals surface area contributed by atoms with Crippen LogP contribution in [0.4, 0.5) is 0 Å². The van der Waals surface area contributed by atoms with E-state index in [0.717, 1.165) is 0 Å². The van der Waals surface area contributed by atoms with Crippen LogP contribution in [-0.2, 0) is 4.79 Å². The van der Waals surface area contributed by atoms with Crippen molar-refractivity contribution in [2.75, 3.05) is 0 Å². The Morgan fingerprint density at radius 1 is 1.00 bits per heavy atom. The molecule has 0 aromatic heterocycles. The Hall–Kier alpha value is -0.800. The highest BCUT2D eigenvalue weighted by atomic mass is 32.2. The Kier molecular flexibility index (Phi) is 7.47. The average molecular weight is 308 g/mol. The standard InChI is InChI=1S/C18H29NOS/c1-12(2)17(20)16(19-13(3)4)18(21-14(5)6)15-10-8-7-9-11-15/h7-14,16,18-19H,1-6H3. The van der Waals surface area contributed by atoms with Gasteiger partial charge in [0.2, 0.25) is 0 Å². The van der Waals surface area contributed by atoms with Gasteiger partial charge in [0.1, 0.15) is 0 Å². The van der Waals surface area contributed by atoms with Gasteiger partial charge in [-0.25, -0.2) is 0 Å². The highest BCUT2D eigenvalue weighted by molar-refractivity contribution is 8.00. The van der Waals surface area contributed by atoms with Crippen molar-refractivity contribution in [2.45, 2.75) is 64.1 Å². The summed E-state index contributed by atoms with van der Waals surface area (Å²) in [4.78, 5) is 12.7. The molecule has 21 heavy (non-hydrogen) atoms. The van der Waals surface area contributed by atoms with Gasteiger partial charge in [0.05, 0.1) is 11.3 Å².